The molecule has 86 valence electrons. The lowest BCUT2D eigenvalue weighted by Crippen LogP contribution is -2.33. The number of fused-ring (bicyclic) bond motifs is 2. The van der Waals surface area contributed by atoms with Crippen LogP contribution in [-0.2, 0) is 4.79 Å². The summed E-state index contributed by atoms with van der Waals surface area (Å²) in [7, 11) is 0. The first kappa shape index (κ1) is 10.5. The number of carbonyl (C=O) groups is 1. The minimum absolute atomic E-state index is 0.252. The van der Waals surface area contributed by atoms with E-state index >= 15 is 0 Å². The first-order valence-corrected chi connectivity index (χ1v) is 7.09. The van der Waals surface area contributed by atoms with Crippen LogP contribution < -0.4 is 5.32 Å². The van der Waals surface area contributed by atoms with Crippen molar-refractivity contribution >= 4 is 17.7 Å². The van der Waals surface area contributed by atoms with E-state index in [1.54, 1.807) is 0 Å². The molecule has 3 aliphatic rings. The van der Waals surface area contributed by atoms with Crippen LogP contribution in [0.5, 0.6) is 0 Å². The molecule has 0 aromatic heterocycles. The normalized spacial score (nSPS) is 35.5. The van der Waals surface area contributed by atoms with Crippen LogP contribution in [0.25, 0.3) is 0 Å². The largest absolute Gasteiger partial charge is 0.351 e. The highest BCUT2D eigenvalue weighted by molar-refractivity contribution is 8.03. The Labute approximate surface area is 101 Å². The maximum atomic E-state index is 12.0. The molecule has 2 nitrogen and oxygen atoms in total. The molecule has 1 saturated carbocycles. The van der Waals surface area contributed by atoms with E-state index in [2.05, 4.69) is 23.5 Å². The molecule has 1 amide bonds. The maximum absolute atomic E-state index is 12.0. The molecule has 2 unspecified atom stereocenters. The third-order valence-corrected chi connectivity index (χ3v) is 4.95. The quantitative estimate of drug-likeness (QED) is 0.761. The predicted molar refractivity (Wildman–Crippen MR) is 67.0 cm³/mol. The highest BCUT2D eigenvalue weighted by Crippen LogP contribution is 2.43. The summed E-state index contributed by atoms with van der Waals surface area (Å²) in [6.45, 7) is 0.751. The first-order chi connectivity index (χ1) is 7.83. The van der Waals surface area contributed by atoms with E-state index in [-0.39, 0.29) is 11.8 Å². The van der Waals surface area contributed by atoms with Gasteiger partial charge in [-0.25, -0.2) is 0 Å². The molecule has 0 aromatic carbocycles. The van der Waals surface area contributed by atoms with Crippen LogP contribution in [0, 0.1) is 17.8 Å². The van der Waals surface area contributed by atoms with Gasteiger partial charge in [0, 0.05) is 23.1 Å². The molecular formula is C13H17NOS. The van der Waals surface area contributed by atoms with Gasteiger partial charge < -0.3 is 5.32 Å². The first-order valence-electron chi connectivity index (χ1n) is 6.11. The minimum Gasteiger partial charge on any atom is -0.351 e. The SMILES string of the molecule is O=C(NCC1=CCCS1)[C@H]1CC2C=CC1C2. The molecule has 2 bridgehead atoms. The van der Waals surface area contributed by atoms with Gasteiger partial charge in [0.05, 0.1) is 0 Å². The smallest absolute Gasteiger partial charge is 0.224 e. The predicted octanol–water partition coefficient (Wildman–Crippen LogP) is 2.34. The van der Waals surface area contributed by atoms with Crippen LogP contribution in [0.4, 0.5) is 0 Å². The zero-order valence-corrected chi connectivity index (χ0v) is 10.1. The monoisotopic (exact) mass is 235 g/mol. The Hall–Kier alpha value is -0.700. The van der Waals surface area contributed by atoms with E-state index in [1.807, 2.05) is 11.8 Å². The van der Waals surface area contributed by atoms with Gasteiger partial charge in [0.15, 0.2) is 0 Å². The Morgan fingerprint density at radius 3 is 3.00 bits per heavy atom. The van der Waals surface area contributed by atoms with E-state index in [0.717, 1.165) is 19.4 Å². The number of thioether (sulfide) groups is 1. The molecule has 0 radical (unpaired) electrons. The molecule has 1 heterocycles. The molecule has 1 N–H and O–H groups in total. The fourth-order valence-corrected chi connectivity index (χ4v) is 3.89. The fourth-order valence-electron chi connectivity index (χ4n) is 2.98. The van der Waals surface area contributed by atoms with Crippen molar-refractivity contribution in [2.75, 3.05) is 12.3 Å². The molecule has 0 spiro atoms. The van der Waals surface area contributed by atoms with Crippen LogP contribution in [0.1, 0.15) is 19.3 Å². The molecule has 0 aromatic rings. The summed E-state index contributed by atoms with van der Waals surface area (Å²) in [6, 6.07) is 0. The third-order valence-electron chi connectivity index (χ3n) is 3.83. The highest BCUT2D eigenvalue weighted by Gasteiger charge is 2.39. The average Bonchev–Trinajstić information content (AvgIpc) is 3.01. The summed E-state index contributed by atoms with van der Waals surface area (Å²) in [5.41, 5.74) is 0. The Balaban J connectivity index is 1.52. The van der Waals surface area contributed by atoms with Crippen LogP contribution in [0.15, 0.2) is 23.1 Å². The summed E-state index contributed by atoms with van der Waals surface area (Å²) in [5, 5.41) is 3.09. The molecule has 1 fully saturated rings. The van der Waals surface area contributed by atoms with Crippen LogP contribution in [0.3, 0.4) is 0 Å². The number of allylic oxidation sites excluding steroid dienone is 3. The molecule has 1 aliphatic heterocycles. The lowest BCUT2D eigenvalue weighted by molar-refractivity contribution is -0.125. The number of hydrogen-bond donors (Lipinski definition) is 1. The van der Waals surface area contributed by atoms with Crippen molar-refractivity contribution in [3.63, 3.8) is 0 Å². The molecule has 3 rings (SSSR count). The van der Waals surface area contributed by atoms with E-state index in [9.17, 15) is 4.79 Å². The summed E-state index contributed by atoms with van der Waals surface area (Å²) < 4.78 is 0. The number of nitrogens with one attached hydrogen (secondary N) is 1. The Kier molecular flexibility index (Phi) is 2.80. The molecule has 0 saturated heterocycles. The summed E-state index contributed by atoms with van der Waals surface area (Å²) >= 11 is 1.87. The Morgan fingerprint density at radius 1 is 1.44 bits per heavy atom. The van der Waals surface area contributed by atoms with Crippen molar-refractivity contribution in [1.82, 2.24) is 5.32 Å². The summed E-state index contributed by atoms with van der Waals surface area (Å²) in [5.74, 6) is 2.91. The van der Waals surface area contributed by atoms with Crippen molar-refractivity contribution in [1.29, 1.82) is 0 Å². The number of rotatable bonds is 3. The number of amides is 1. The molecule has 3 atom stereocenters. The van der Waals surface area contributed by atoms with Gasteiger partial charge in [-0.2, -0.15) is 0 Å². The van der Waals surface area contributed by atoms with Gasteiger partial charge in [-0.15, -0.1) is 11.8 Å². The van der Waals surface area contributed by atoms with Crippen LogP contribution in [0.2, 0.25) is 0 Å². The van der Waals surface area contributed by atoms with Crippen molar-refractivity contribution in [2.24, 2.45) is 17.8 Å². The lowest BCUT2D eigenvalue weighted by Gasteiger charge is -2.17. The molecule has 16 heavy (non-hydrogen) atoms. The highest BCUT2D eigenvalue weighted by atomic mass is 32.2. The van der Waals surface area contributed by atoms with Crippen molar-refractivity contribution in [3.05, 3.63) is 23.1 Å². The lowest BCUT2D eigenvalue weighted by atomic mass is 9.93. The van der Waals surface area contributed by atoms with Gasteiger partial charge in [0.25, 0.3) is 0 Å². The third kappa shape index (κ3) is 1.93. The van der Waals surface area contributed by atoms with Gasteiger partial charge in [-0.1, -0.05) is 18.2 Å². The summed E-state index contributed by atoms with van der Waals surface area (Å²) in [4.78, 5) is 13.4. The van der Waals surface area contributed by atoms with Crippen molar-refractivity contribution in [2.45, 2.75) is 19.3 Å². The van der Waals surface area contributed by atoms with E-state index < -0.39 is 0 Å². The van der Waals surface area contributed by atoms with Crippen molar-refractivity contribution < 1.29 is 4.79 Å². The molecule has 3 heteroatoms. The number of carbonyl (C=O) groups excluding carboxylic acids is 1. The zero-order valence-electron chi connectivity index (χ0n) is 9.32. The van der Waals surface area contributed by atoms with Gasteiger partial charge in [-0.3, -0.25) is 4.79 Å². The van der Waals surface area contributed by atoms with Gasteiger partial charge in [-0.05, 0) is 31.1 Å². The van der Waals surface area contributed by atoms with Gasteiger partial charge in [0.2, 0.25) is 5.91 Å². The second-order valence-electron chi connectivity index (χ2n) is 4.91. The molecule has 2 aliphatic carbocycles. The van der Waals surface area contributed by atoms with E-state index in [1.165, 1.54) is 17.1 Å². The van der Waals surface area contributed by atoms with E-state index in [4.69, 9.17) is 0 Å². The maximum Gasteiger partial charge on any atom is 0.224 e. The second kappa shape index (κ2) is 4.28. The number of hydrogen-bond acceptors (Lipinski definition) is 2. The fraction of sp³-hybridized carbons (Fsp3) is 0.615. The topological polar surface area (TPSA) is 29.1 Å². The van der Waals surface area contributed by atoms with Crippen LogP contribution >= 0.6 is 11.8 Å². The molecular weight excluding hydrogens is 218 g/mol. The van der Waals surface area contributed by atoms with E-state index in [0.29, 0.717) is 11.8 Å². The zero-order chi connectivity index (χ0) is 11.0. The minimum atomic E-state index is 0.252. The van der Waals surface area contributed by atoms with Crippen LogP contribution in [-0.4, -0.2) is 18.2 Å². The average molecular weight is 235 g/mol. The second-order valence-corrected chi connectivity index (χ2v) is 6.13. The van der Waals surface area contributed by atoms with Crippen molar-refractivity contribution in [3.8, 4) is 0 Å². The Morgan fingerprint density at radius 2 is 2.38 bits per heavy atom. The Bertz CT molecular complexity index is 361. The standard InChI is InChI=1S/C13H17NOS/c15-13(14-8-11-2-1-5-16-11)12-7-9-3-4-10(12)6-9/h2-4,9-10,12H,1,5-8H2,(H,14,15)/t9?,10?,12-/m0/s1. The van der Waals surface area contributed by atoms with Gasteiger partial charge in [0.1, 0.15) is 0 Å². The summed E-state index contributed by atoms with van der Waals surface area (Å²) in [6.07, 6.45) is 10.2. The van der Waals surface area contributed by atoms with Gasteiger partial charge >= 0.3 is 0 Å².